The topological polar surface area (TPSA) is 80.0 Å². The first-order valence-electron chi connectivity index (χ1n) is 8.49. The number of esters is 1. The molecule has 4 atom stereocenters. The molecule has 2 rings (SSSR count). The number of carbonyl (C=O) groups excluding carboxylic acids is 1. The Morgan fingerprint density at radius 1 is 1.28 bits per heavy atom. The molecule has 1 aliphatic heterocycles. The van der Waals surface area contributed by atoms with Crippen molar-refractivity contribution in [1.82, 2.24) is 0 Å². The maximum Gasteiger partial charge on any atom is 0.323 e. The van der Waals surface area contributed by atoms with Gasteiger partial charge in [0.1, 0.15) is 24.0 Å². The second-order valence-corrected chi connectivity index (χ2v) is 5.92. The van der Waals surface area contributed by atoms with Gasteiger partial charge in [0.15, 0.2) is 6.10 Å². The van der Waals surface area contributed by atoms with Crippen molar-refractivity contribution >= 4 is 18.4 Å². The summed E-state index contributed by atoms with van der Waals surface area (Å²) in [7, 11) is 0. The Morgan fingerprint density at radius 3 is 2.68 bits per heavy atom. The van der Waals surface area contributed by atoms with E-state index in [0.29, 0.717) is 26.2 Å². The van der Waals surface area contributed by atoms with Crippen LogP contribution in [-0.2, 0) is 19.0 Å². The van der Waals surface area contributed by atoms with Crippen molar-refractivity contribution < 1.29 is 23.7 Å². The molecule has 2 N–H and O–H groups in total. The minimum Gasteiger partial charge on any atom is -0.485 e. The molecular formula is C18H28ClNO5. The Bertz CT molecular complexity index is 501. The molecule has 0 unspecified atom stereocenters. The Hall–Kier alpha value is -1.34. The van der Waals surface area contributed by atoms with E-state index in [1.54, 1.807) is 6.92 Å². The third-order valence-electron chi connectivity index (χ3n) is 3.83. The molecule has 0 spiro atoms. The molecule has 142 valence electrons. The van der Waals surface area contributed by atoms with Gasteiger partial charge in [-0.3, -0.25) is 4.79 Å². The van der Waals surface area contributed by atoms with Crippen molar-refractivity contribution in [2.24, 2.45) is 5.73 Å². The number of benzene rings is 1. The van der Waals surface area contributed by atoms with E-state index in [0.717, 1.165) is 12.2 Å². The smallest absolute Gasteiger partial charge is 0.323 e. The van der Waals surface area contributed by atoms with Crippen LogP contribution in [0.15, 0.2) is 30.3 Å². The van der Waals surface area contributed by atoms with Gasteiger partial charge < -0.3 is 24.7 Å². The lowest BCUT2D eigenvalue weighted by Gasteiger charge is -2.33. The van der Waals surface area contributed by atoms with Gasteiger partial charge in [0.05, 0.1) is 6.61 Å². The summed E-state index contributed by atoms with van der Waals surface area (Å²) in [4.78, 5) is 12.0. The molecule has 0 aromatic heterocycles. The number of hydrogen-bond donors (Lipinski definition) is 1. The Morgan fingerprint density at radius 2 is 2.00 bits per heavy atom. The Kier molecular flexibility index (Phi) is 9.82. The molecule has 6 nitrogen and oxygen atoms in total. The van der Waals surface area contributed by atoms with E-state index in [1.165, 1.54) is 0 Å². The minimum atomic E-state index is -0.675. The molecule has 0 amide bonds. The number of para-hydroxylation sites is 1. The quantitative estimate of drug-likeness (QED) is 0.798. The lowest BCUT2D eigenvalue weighted by molar-refractivity contribution is -0.169. The molecule has 1 fully saturated rings. The molecule has 0 radical (unpaired) electrons. The van der Waals surface area contributed by atoms with E-state index >= 15 is 0 Å². The van der Waals surface area contributed by atoms with Gasteiger partial charge in [-0.05, 0) is 31.9 Å². The first kappa shape index (κ1) is 21.7. The summed E-state index contributed by atoms with van der Waals surface area (Å²) in [6, 6.07) is 8.81. The van der Waals surface area contributed by atoms with Gasteiger partial charge in [0.2, 0.25) is 0 Å². The van der Waals surface area contributed by atoms with Crippen LogP contribution in [-0.4, -0.2) is 50.1 Å². The molecular weight excluding hydrogens is 346 g/mol. The van der Waals surface area contributed by atoms with E-state index in [2.05, 4.69) is 0 Å². The molecule has 0 saturated carbocycles. The summed E-state index contributed by atoms with van der Waals surface area (Å²) < 4.78 is 23.2. The third kappa shape index (κ3) is 6.82. The van der Waals surface area contributed by atoms with Gasteiger partial charge in [-0.15, -0.1) is 12.4 Å². The highest BCUT2D eigenvalue weighted by Gasteiger charge is 2.34. The van der Waals surface area contributed by atoms with E-state index in [1.807, 2.05) is 37.3 Å². The van der Waals surface area contributed by atoms with Gasteiger partial charge >= 0.3 is 5.97 Å². The predicted molar refractivity (Wildman–Crippen MR) is 97.1 cm³/mol. The lowest BCUT2D eigenvalue weighted by atomic mass is 10.1. The van der Waals surface area contributed by atoms with Crippen LogP contribution in [0.2, 0.25) is 0 Å². The number of rotatable bonds is 5. The monoisotopic (exact) mass is 373 g/mol. The number of ether oxygens (including phenoxy) is 4. The largest absolute Gasteiger partial charge is 0.485 e. The Balaban J connectivity index is 0.00000312. The lowest BCUT2D eigenvalue weighted by Crippen LogP contribution is -2.49. The van der Waals surface area contributed by atoms with Gasteiger partial charge in [-0.25, -0.2) is 0 Å². The molecule has 1 aliphatic rings. The van der Waals surface area contributed by atoms with Crippen LogP contribution in [0.5, 0.6) is 5.75 Å². The van der Waals surface area contributed by atoms with Gasteiger partial charge in [0.25, 0.3) is 0 Å². The second kappa shape index (κ2) is 11.3. The zero-order valence-electron chi connectivity index (χ0n) is 14.8. The average Bonchev–Trinajstić information content (AvgIpc) is 2.58. The summed E-state index contributed by atoms with van der Waals surface area (Å²) in [6.45, 7) is 5.09. The molecule has 1 saturated heterocycles. The molecule has 1 aromatic carbocycles. The van der Waals surface area contributed by atoms with Crippen LogP contribution in [0.4, 0.5) is 0 Å². The van der Waals surface area contributed by atoms with E-state index in [4.69, 9.17) is 24.7 Å². The van der Waals surface area contributed by atoms with Crippen LogP contribution in [0, 0.1) is 0 Å². The van der Waals surface area contributed by atoms with Crippen LogP contribution >= 0.6 is 12.4 Å². The van der Waals surface area contributed by atoms with E-state index in [-0.39, 0.29) is 18.5 Å². The molecule has 0 bridgehead atoms. The highest BCUT2D eigenvalue weighted by atomic mass is 35.5. The fourth-order valence-electron chi connectivity index (χ4n) is 2.53. The first-order chi connectivity index (χ1) is 11.6. The molecule has 1 aromatic rings. The molecule has 1 heterocycles. The van der Waals surface area contributed by atoms with Crippen molar-refractivity contribution in [2.75, 3.05) is 19.8 Å². The molecule has 7 heteroatoms. The normalized spacial score (nSPS) is 27.7. The molecule has 25 heavy (non-hydrogen) atoms. The number of carbonyl (C=O) groups is 1. The summed E-state index contributed by atoms with van der Waals surface area (Å²) in [6.07, 6.45) is -0.0133. The fourth-order valence-corrected chi connectivity index (χ4v) is 2.53. The third-order valence-corrected chi connectivity index (χ3v) is 3.83. The SMILES string of the molecule is CCCO[C@H]1[C@H](C)OC(=O)[C@@H](N)CCOC[C@@H]1Oc1ccccc1.Cl. The Labute approximate surface area is 155 Å². The summed E-state index contributed by atoms with van der Waals surface area (Å²) in [5, 5.41) is 0. The van der Waals surface area contributed by atoms with Crippen LogP contribution in [0.3, 0.4) is 0 Å². The van der Waals surface area contributed by atoms with E-state index < -0.39 is 24.2 Å². The van der Waals surface area contributed by atoms with Crippen LogP contribution in [0.25, 0.3) is 0 Å². The van der Waals surface area contributed by atoms with Crippen molar-refractivity contribution in [3.05, 3.63) is 30.3 Å². The number of cyclic esters (lactones) is 1. The first-order valence-corrected chi connectivity index (χ1v) is 8.49. The standard InChI is InChI=1S/C18H27NO5.ClH/c1-3-10-22-17-13(2)23-18(20)15(19)9-11-21-12-16(17)24-14-7-5-4-6-8-14;/h4-8,13,15-17H,3,9-12,19H2,1-2H3;1H/t13-,15-,16-,17-;/m0./s1. The second-order valence-electron chi connectivity index (χ2n) is 5.92. The highest BCUT2D eigenvalue weighted by Crippen LogP contribution is 2.19. The highest BCUT2D eigenvalue weighted by molar-refractivity contribution is 5.85. The van der Waals surface area contributed by atoms with Gasteiger partial charge in [-0.2, -0.15) is 0 Å². The average molecular weight is 374 g/mol. The van der Waals surface area contributed by atoms with Crippen LogP contribution < -0.4 is 10.5 Å². The number of nitrogens with two attached hydrogens (primary N) is 1. The van der Waals surface area contributed by atoms with Crippen LogP contribution in [0.1, 0.15) is 26.7 Å². The maximum absolute atomic E-state index is 12.0. The number of halogens is 1. The van der Waals surface area contributed by atoms with Gasteiger partial charge in [-0.1, -0.05) is 25.1 Å². The van der Waals surface area contributed by atoms with E-state index in [9.17, 15) is 4.79 Å². The van der Waals surface area contributed by atoms with Crippen molar-refractivity contribution in [1.29, 1.82) is 0 Å². The van der Waals surface area contributed by atoms with Crippen molar-refractivity contribution in [2.45, 2.75) is 51.0 Å². The summed E-state index contributed by atoms with van der Waals surface area (Å²) in [5.41, 5.74) is 5.81. The van der Waals surface area contributed by atoms with Crippen molar-refractivity contribution in [3.8, 4) is 5.75 Å². The summed E-state index contributed by atoms with van der Waals surface area (Å²) in [5.74, 6) is 0.292. The zero-order chi connectivity index (χ0) is 17.4. The maximum atomic E-state index is 12.0. The summed E-state index contributed by atoms with van der Waals surface area (Å²) >= 11 is 0. The predicted octanol–water partition coefficient (Wildman–Crippen LogP) is 2.33. The number of hydrogen-bond acceptors (Lipinski definition) is 6. The van der Waals surface area contributed by atoms with Gasteiger partial charge in [0, 0.05) is 13.2 Å². The zero-order valence-corrected chi connectivity index (χ0v) is 15.6. The fraction of sp³-hybridized carbons (Fsp3) is 0.611. The van der Waals surface area contributed by atoms with Crippen molar-refractivity contribution in [3.63, 3.8) is 0 Å². The molecule has 0 aliphatic carbocycles. The minimum absolute atomic E-state index is 0.